The first kappa shape index (κ1) is 21.0. The Bertz CT molecular complexity index is 989. The first-order chi connectivity index (χ1) is 15.0. The van der Waals surface area contributed by atoms with Crippen molar-refractivity contribution in [3.8, 4) is 0 Å². The molecule has 2 fully saturated rings. The van der Waals surface area contributed by atoms with Gasteiger partial charge in [-0.2, -0.15) is 0 Å². The number of nitro groups is 1. The summed E-state index contributed by atoms with van der Waals surface area (Å²) in [7, 11) is 0. The van der Waals surface area contributed by atoms with E-state index in [0.717, 1.165) is 6.07 Å². The lowest BCUT2D eigenvalue weighted by Gasteiger charge is -2.36. The van der Waals surface area contributed by atoms with Crippen LogP contribution in [0.1, 0.15) is 10.4 Å². The predicted molar refractivity (Wildman–Crippen MR) is 111 cm³/mol. The number of ether oxygens (including phenoxy) is 1. The maximum Gasteiger partial charge on any atom is 0.295 e. The molecule has 0 saturated carbocycles. The van der Waals surface area contributed by atoms with E-state index in [0.29, 0.717) is 50.8 Å². The van der Waals surface area contributed by atoms with Crippen LogP contribution in [0.2, 0.25) is 0 Å². The van der Waals surface area contributed by atoms with Crippen molar-refractivity contribution < 1.29 is 23.2 Å². The normalized spacial score (nSPS) is 17.0. The average Bonchev–Trinajstić information content (AvgIpc) is 2.79. The fourth-order valence-corrected chi connectivity index (χ4v) is 3.94. The summed E-state index contributed by atoms with van der Waals surface area (Å²) in [4.78, 5) is 28.7. The summed E-state index contributed by atoms with van der Waals surface area (Å²) in [5, 5.41) is 11.6. The number of carbonyl (C=O) groups excluding carboxylic acids is 1. The van der Waals surface area contributed by atoms with E-state index in [1.54, 1.807) is 11.0 Å². The Morgan fingerprint density at radius 3 is 2.19 bits per heavy atom. The van der Waals surface area contributed by atoms with Crippen LogP contribution in [0.25, 0.3) is 0 Å². The number of piperazine rings is 1. The monoisotopic (exact) mass is 432 g/mol. The number of nitrogens with zero attached hydrogens (tertiary/aromatic N) is 4. The van der Waals surface area contributed by atoms with E-state index in [9.17, 15) is 23.7 Å². The van der Waals surface area contributed by atoms with Crippen LogP contribution in [-0.2, 0) is 4.74 Å². The second kappa shape index (κ2) is 8.84. The van der Waals surface area contributed by atoms with Gasteiger partial charge in [-0.1, -0.05) is 12.1 Å². The SMILES string of the molecule is O=C(c1ccccc1F)N1CCN(c2cc(N3CCOCC3)c(F)cc2[N+](=O)[O-])CC1. The number of rotatable bonds is 4. The van der Waals surface area contributed by atoms with Gasteiger partial charge in [-0.05, 0) is 18.2 Å². The molecule has 0 aliphatic carbocycles. The number of anilines is 2. The lowest BCUT2D eigenvalue weighted by molar-refractivity contribution is -0.384. The van der Waals surface area contributed by atoms with E-state index in [4.69, 9.17) is 4.74 Å². The second-order valence-electron chi connectivity index (χ2n) is 7.41. The first-order valence-electron chi connectivity index (χ1n) is 10.0. The molecule has 8 nitrogen and oxygen atoms in total. The van der Waals surface area contributed by atoms with Gasteiger partial charge in [0.1, 0.15) is 11.5 Å². The number of nitro benzene ring substituents is 1. The van der Waals surface area contributed by atoms with E-state index < -0.39 is 22.5 Å². The van der Waals surface area contributed by atoms with Gasteiger partial charge < -0.3 is 19.4 Å². The molecule has 0 N–H and O–H groups in total. The molecule has 0 aromatic heterocycles. The summed E-state index contributed by atoms with van der Waals surface area (Å²) in [5.41, 5.74) is 0.293. The zero-order valence-corrected chi connectivity index (χ0v) is 16.8. The molecule has 1 amide bonds. The zero-order valence-electron chi connectivity index (χ0n) is 16.8. The minimum Gasteiger partial charge on any atom is -0.378 e. The smallest absolute Gasteiger partial charge is 0.295 e. The molecular formula is C21H22F2N4O4. The van der Waals surface area contributed by atoms with Gasteiger partial charge in [-0.3, -0.25) is 14.9 Å². The van der Waals surface area contributed by atoms with Gasteiger partial charge in [0.2, 0.25) is 0 Å². The third-order valence-corrected chi connectivity index (χ3v) is 5.60. The van der Waals surface area contributed by atoms with Crippen LogP contribution in [0, 0.1) is 21.7 Å². The van der Waals surface area contributed by atoms with Crippen molar-refractivity contribution in [1.82, 2.24) is 4.90 Å². The van der Waals surface area contributed by atoms with Crippen molar-refractivity contribution in [3.63, 3.8) is 0 Å². The molecule has 2 aromatic rings. The van der Waals surface area contributed by atoms with Crippen LogP contribution < -0.4 is 9.80 Å². The molecule has 2 aromatic carbocycles. The zero-order chi connectivity index (χ0) is 22.0. The highest BCUT2D eigenvalue weighted by Crippen LogP contribution is 2.36. The van der Waals surface area contributed by atoms with E-state index in [2.05, 4.69) is 0 Å². The third-order valence-electron chi connectivity index (χ3n) is 5.60. The highest BCUT2D eigenvalue weighted by Gasteiger charge is 2.30. The number of hydrogen-bond acceptors (Lipinski definition) is 6. The maximum atomic E-state index is 14.6. The Kier molecular flexibility index (Phi) is 5.99. The van der Waals surface area contributed by atoms with Crippen LogP contribution in [0.4, 0.5) is 25.8 Å². The summed E-state index contributed by atoms with van der Waals surface area (Å²) < 4.78 is 33.9. The molecule has 0 atom stereocenters. The summed E-state index contributed by atoms with van der Waals surface area (Å²) in [5.74, 6) is -1.65. The average molecular weight is 432 g/mol. The lowest BCUT2D eigenvalue weighted by Crippen LogP contribution is -2.49. The molecule has 0 unspecified atom stereocenters. The van der Waals surface area contributed by atoms with Gasteiger partial charge in [-0.15, -0.1) is 0 Å². The molecule has 2 saturated heterocycles. The van der Waals surface area contributed by atoms with Gasteiger partial charge in [-0.25, -0.2) is 8.78 Å². The van der Waals surface area contributed by atoms with Gasteiger partial charge in [0.05, 0.1) is 35.5 Å². The molecule has 0 spiro atoms. The summed E-state index contributed by atoms with van der Waals surface area (Å²) in [6, 6.07) is 8.25. The molecule has 4 rings (SSSR count). The van der Waals surface area contributed by atoms with Crippen molar-refractivity contribution >= 4 is 23.0 Å². The molecule has 0 bridgehead atoms. The van der Waals surface area contributed by atoms with Gasteiger partial charge in [0.15, 0.2) is 5.82 Å². The predicted octanol–water partition coefficient (Wildman–Crippen LogP) is 2.67. The topological polar surface area (TPSA) is 79.2 Å². The quantitative estimate of drug-likeness (QED) is 0.546. The minimum absolute atomic E-state index is 0.00156. The molecular weight excluding hydrogens is 410 g/mol. The van der Waals surface area contributed by atoms with Crippen molar-refractivity contribution in [2.24, 2.45) is 0 Å². The lowest BCUT2D eigenvalue weighted by atomic mass is 10.1. The number of amides is 1. The molecule has 2 heterocycles. The van der Waals surface area contributed by atoms with Crippen LogP contribution in [-0.4, -0.2) is 68.2 Å². The van der Waals surface area contributed by atoms with E-state index in [-0.39, 0.29) is 24.3 Å². The Balaban J connectivity index is 1.55. The van der Waals surface area contributed by atoms with E-state index in [1.165, 1.54) is 29.2 Å². The fraction of sp³-hybridized carbons (Fsp3) is 0.381. The molecule has 2 aliphatic heterocycles. The van der Waals surface area contributed by atoms with Crippen LogP contribution in [0.5, 0.6) is 0 Å². The summed E-state index contributed by atoms with van der Waals surface area (Å²) in [6.07, 6.45) is 0. The highest BCUT2D eigenvalue weighted by atomic mass is 19.1. The largest absolute Gasteiger partial charge is 0.378 e. The molecule has 10 heteroatoms. The fourth-order valence-electron chi connectivity index (χ4n) is 3.94. The number of hydrogen-bond donors (Lipinski definition) is 0. The standard InChI is InChI=1S/C21H22F2N4O4/c22-16-4-2-1-3-15(16)21(28)26-7-5-24(6-8-26)19-14-18(25-9-11-31-12-10-25)17(23)13-20(19)27(29)30/h1-4,13-14H,5-12H2. The third kappa shape index (κ3) is 4.29. The Morgan fingerprint density at radius 2 is 1.55 bits per heavy atom. The molecule has 164 valence electrons. The Morgan fingerprint density at radius 1 is 0.903 bits per heavy atom. The number of halogens is 2. The van der Waals surface area contributed by atoms with Crippen LogP contribution in [0.15, 0.2) is 36.4 Å². The van der Waals surface area contributed by atoms with Crippen molar-refractivity contribution in [3.05, 3.63) is 63.7 Å². The Hall–Kier alpha value is -3.27. The van der Waals surface area contributed by atoms with Crippen LogP contribution >= 0.6 is 0 Å². The molecule has 31 heavy (non-hydrogen) atoms. The molecule has 2 aliphatic rings. The van der Waals surface area contributed by atoms with Gasteiger partial charge >= 0.3 is 0 Å². The minimum atomic E-state index is -0.647. The first-order valence-corrected chi connectivity index (χ1v) is 10.0. The van der Waals surface area contributed by atoms with E-state index >= 15 is 0 Å². The highest BCUT2D eigenvalue weighted by molar-refractivity contribution is 5.94. The maximum absolute atomic E-state index is 14.6. The van der Waals surface area contributed by atoms with Crippen molar-refractivity contribution in [1.29, 1.82) is 0 Å². The summed E-state index contributed by atoms with van der Waals surface area (Å²) in [6.45, 7) is 3.09. The number of benzene rings is 2. The van der Waals surface area contributed by atoms with Gasteiger partial charge in [0, 0.05) is 39.3 Å². The molecule has 0 radical (unpaired) electrons. The van der Waals surface area contributed by atoms with Crippen molar-refractivity contribution in [2.75, 3.05) is 62.3 Å². The van der Waals surface area contributed by atoms with Crippen LogP contribution in [0.3, 0.4) is 0 Å². The Labute approximate surface area is 177 Å². The van der Waals surface area contributed by atoms with E-state index in [1.807, 2.05) is 4.90 Å². The van der Waals surface area contributed by atoms with Gasteiger partial charge in [0.25, 0.3) is 11.6 Å². The summed E-state index contributed by atoms with van der Waals surface area (Å²) >= 11 is 0. The number of carbonyl (C=O) groups is 1. The van der Waals surface area contributed by atoms with Crippen molar-refractivity contribution in [2.45, 2.75) is 0 Å². The number of morpholine rings is 1. The second-order valence-corrected chi connectivity index (χ2v) is 7.41.